The van der Waals surface area contributed by atoms with Crippen LogP contribution in [0.15, 0.2) is 0 Å². The van der Waals surface area contributed by atoms with Gasteiger partial charge in [0.2, 0.25) is 0 Å². The highest BCUT2D eigenvalue weighted by atomic mass is 15.2. The van der Waals surface area contributed by atoms with Gasteiger partial charge < -0.3 is 5.73 Å². The fourth-order valence-electron chi connectivity index (χ4n) is 3.39. The van der Waals surface area contributed by atoms with E-state index in [1.165, 1.54) is 25.7 Å². The van der Waals surface area contributed by atoms with E-state index in [0.717, 1.165) is 31.5 Å². The monoisotopic (exact) mass is 226 g/mol. The molecule has 0 unspecified atom stereocenters. The maximum absolute atomic E-state index is 6.07. The largest absolute Gasteiger partial charge is 0.329 e. The highest BCUT2D eigenvalue weighted by Gasteiger charge is 2.38. The average Bonchev–Trinajstić information content (AvgIpc) is 2.31. The highest BCUT2D eigenvalue weighted by Crippen LogP contribution is 2.38. The van der Waals surface area contributed by atoms with Gasteiger partial charge in [-0.25, -0.2) is 0 Å². The Kier molecular flexibility index (Phi) is 5.26. The molecule has 0 spiro atoms. The molecule has 0 aromatic heterocycles. The first kappa shape index (κ1) is 14.0. The second-order valence-electron chi connectivity index (χ2n) is 5.68. The lowest BCUT2D eigenvalue weighted by atomic mass is 9.72. The van der Waals surface area contributed by atoms with Crippen LogP contribution in [0.5, 0.6) is 0 Å². The third-order valence-electron chi connectivity index (χ3n) is 4.72. The van der Waals surface area contributed by atoms with Crippen LogP contribution in [0.1, 0.15) is 53.4 Å². The Bertz CT molecular complexity index is 189. The molecule has 0 aromatic carbocycles. The van der Waals surface area contributed by atoms with Gasteiger partial charge in [0.15, 0.2) is 0 Å². The molecule has 0 aromatic rings. The molecule has 0 heterocycles. The molecule has 1 aliphatic rings. The van der Waals surface area contributed by atoms with Crippen molar-refractivity contribution in [3.8, 4) is 0 Å². The van der Waals surface area contributed by atoms with Crippen LogP contribution in [0.2, 0.25) is 0 Å². The molecule has 0 amide bonds. The van der Waals surface area contributed by atoms with Gasteiger partial charge in [0, 0.05) is 12.1 Å². The Morgan fingerprint density at radius 2 is 1.69 bits per heavy atom. The Hall–Kier alpha value is -0.0800. The quantitative estimate of drug-likeness (QED) is 0.781. The fourth-order valence-corrected chi connectivity index (χ4v) is 3.39. The van der Waals surface area contributed by atoms with Gasteiger partial charge in [-0.3, -0.25) is 4.90 Å². The van der Waals surface area contributed by atoms with Crippen molar-refractivity contribution in [3.63, 3.8) is 0 Å². The van der Waals surface area contributed by atoms with Crippen molar-refractivity contribution >= 4 is 0 Å². The molecule has 1 saturated carbocycles. The number of rotatable bonds is 5. The van der Waals surface area contributed by atoms with E-state index in [1.54, 1.807) is 0 Å². The SMILES string of the molecule is CCN(CC)C1(CN)CCC(C(C)C)CC1. The van der Waals surface area contributed by atoms with Gasteiger partial charge in [-0.2, -0.15) is 0 Å². The minimum absolute atomic E-state index is 0.314. The molecule has 1 fully saturated rings. The molecule has 1 aliphatic carbocycles. The molecule has 0 saturated heterocycles. The third-order valence-corrected chi connectivity index (χ3v) is 4.72. The molecule has 0 radical (unpaired) electrons. The summed E-state index contributed by atoms with van der Waals surface area (Å²) in [5.41, 5.74) is 6.38. The summed E-state index contributed by atoms with van der Waals surface area (Å²) in [6, 6.07) is 0. The number of hydrogen-bond donors (Lipinski definition) is 1. The van der Waals surface area contributed by atoms with E-state index in [4.69, 9.17) is 5.73 Å². The zero-order valence-electron chi connectivity index (χ0n) is 11.6. The van der Waals surface area contributed by atoms with Crippen LogP contribution in [0.4, 0.5) is 0 Å². The fraction of sp³-hybridized carbons (Fsp3) is 1.00. The third kappa shape index (κ3) is 2.78. The van der Waals surface area contributed by atoms with Crippen molar-refractivity contribution in [2.45, 2.75) is 58.9 Å². The van der Waals surface area contributed by atoms with Crippen molar-refractivity contribution in [2.75, 3.05) is 19.6 Å². The molecule has 0 atom stereocenters. The lowest BCUT2D eigenvalue weighted by Crippen LogP contribution is -2.55. The van der Waals surface area contributed by atoms with Gasteiger partial charge in [-0.15, -0.1) is 0 Å². The minimum atomic E-state index is 0.314. The Morgan fingerprint density at radius 3 is 2.00 bits per heavy atom. The van der Waals surface area contributed by atoms with Crippen LogP contribution in [0, 0.1) is 11.8 Å². The number of nitrogens with zero attached hydrogens (tertiary/aromatic N) is 1. The maximum Gasteiger partial charge on any atom is 0.0331 e. The summed E-state index contributed by atoms with van der Waals surface area (Å²) >= 11 is 0. The minimum Gasteiger partial charge on any atom is -0.329 e. The molecule has 0 bridgehead atoms. The van der Waals surface area contributed by atoms with Crippen LogP contribution in [-0.4, -0.2) is 30.1 Å². The standard InChI is InChI=1S/C14H30N2/c1-5-16(6-2)14(11-15)9-7-13(8-10-14)12(3)4/h12-13H,5-11,15H2,1-4H3. The van der Waals surface area contributed by atoms with Crippen LogP contribution >= 0.6 is 0 Å². The second kappa shape index (κ2) is 6.02. The van der Waals surface area contributed by atoms with E-state index in [-0.39, 0.29) is 0 Å². The summed E-state index contributed by atoms with van der Waals surface area (Å²) in [7, 11) is 0. The molecule has 0 aliphatic heterocycles. The van der Waals surface area contributed by atoms with Gasteiger partial charge in [-0.1, -0.05) is 27.7 Å². The predicted octanol–water partition coefficient (Wildman–Crippen LogP) is 2.87. The molecule has 16 heavy (non-hydrogen) atoms. The summed E-state index contributed by atoms with van der Waals surface area (Å²) in [4.78, 5) is 2.59. The first-order valence-electron chi connectivity index (χ1n) is 7.04. The predicted molar refractivity (Wildman–Crippen MR) is 71.5 cm³/mol. The van der Waals surface area contributed by atoms with Crippen molar-refractivity contribution in [1.82, 2.24) is 4.90 Å². The maximum atomic E-state index is 6.07. The summed E-state index contributed by atoms with van der Waals surface area (Å²) < 4.78 is 0. The zero-order chi connectivity index (χ0) is 12.2. The van der Waals surface area contributed by atoms with Gasteiger partial charge >= 0.3 is 0 Å². The smallest absolute Gasteiger partial charge is 0.0331 e. The van der Waals surface area contributed by atoms with Gasteiger partial charge in [0.25, 0.3) is 0 Å². The molecule has 2 heteroatoms. The zero-order valence-corrected chi connectivity index (χ0v) is 11.6. The van der Waals surface area contributed by atoms with Crippen molar-refractivity contribution < 1.29 is 0 Å². The molecule has 96 valence electrons. The van der Waals surface area contributed by atoms with Gasteiger partial charge in [-0.05, 0) is 50.6 Å². The van der Waals surface area contributed by atoms with Crippen LogP contribution in [-0.2, 0) is 0 Å². The Labute approximate surface area is 102 Å². The normalized spacial score (nSPS) is 31.3. The first-order valence-corrected chi connectivity index (χ1v) is 7.04. The van der Waals surface area contributed by atoms with E-state index in [1.807, 2.05) is 0 Å². The molecular weight excluding hydrogens is 196 g/mol. The van der Waals surface area contributed by atoms with Crippen LogP contribution < -0.4 is 5.73 Å². The van der Waals surface area contributed by atoms with Crippen molar-refractivity contribution in [2.24, 2.45) is 17.6 Å². The van der Waals surface area contributed by atoms with Gasteiger partial charge in [0.05, 0.1) is 0 Å². The molecular formula is C14H30N2. The summed E-state index contributed by atoms with van der Waals surface area (Å²) in [6.45, 7) is 12.3. The lowest BCUT2D eigenvalue weighted by molar-refractivity contribution is 0.0428. The Balaban J connectivity index is 2.64. The summed E-state index contributed by atoms with van der Waals surface area (Å²) in [6.07, 6.45) is 5.33. The molecule has 2 nitrogen and oxygen atoms in total. The van der Waals surface area contributed by atoms with E-state index in [2.05, 4.69) is 32.6 Å². The lowest BCUT2D eigenvalue weighted by Gasteiger charge is -2.47. The van der Waals surface area contributed by atoms with E-state index < -0.39 is 0 Å². The van der Waals surface area contributed by atoms with E-state index in [9.17, 15) is 0 Å². The van der Waals surface area contributed by atoms with Crippen molar-refractivity contribution in [3.05, 3.63) is 0 Å². The van der Waals surface area contributed by atoms with Crippen LogP contribution in [0.25, 0.3) is 0 Å². The first-order chi connectivity index (χ1) is 7.59. The molecule has 2 N–H and O–H groups in total. The summed E-state index contributed by atoms with van der Waals surface area (Å²) in [5.74, 6) is 1.77. The number of nitrogens with two attached hydrogens (primary N) is 1. The average molecular weight is 226 g/mol. The highest BCUT2D eigenvalue weighted by molar-refractivity contribution is 4.95. The molecule has 1 rings (SSSR count). The van der Waals surface area contributed by atoms with E-state index in [0.29, 0.717) is 5.54 Å². The van der Waals surface area contributed by atoms with E-state index >= 15 is 0 Å². The van der Waals surface area contributed by atoms with Gasteiger partial charge in [0.1, 0.15) is 0 Å². The summed E-state index contributed by atoms with van der Waals surface area (Å²) in [5, 5.41) is 0. The van der Waals surface area contributed by atoms with Crippen LogP contribution in [0.3, 0.4) is 0 Å². The second-order valence-corrected chi connectivity index (χ2v) is 5.68. The number of likely N-dealkylation sites (N-methyl/N-ethyl adjacent to an activating group) is 1. The van der Waals surface area contributed by atoms with Crippen molar-refractivity contribution in [1.29, 1.82) is 0 Å². The topological polar surface area (TPSA) is 29.3 Å². The number of hydrogen-bond acceptors (Lipinski definition) is 2. The Morgan fingerprint density at radius 1 is 1.19 bits per heavy atom.